The molecule has 2 aromatic rings. The fourth-order valence-electron chi connectivity index (χ4n) is 2.88. The summed E-state index contributed by atoms with van der Waals surface area (Å²) in [5.41, 5.74) is 1.05. The van der Waals surface area contributed by atoms with E-state index in [4.69, 9.17) is 9.47 Å². The summed E-state index contributed by atoms with van der Waals surface area (Å²) in [5.74, 6) is -0.898. The van der Waals surface area contributed by atoms with Crippen LogP contribution in [-0.4, -0.2) is 47.5 Å². The number of hydrogen-bond acceptors (Lipinski definition) is 5. The van der Waals surface area contributed by atoms with Gasteiger partial charge in [-0.3, -0.25) is 4.79 Å². The minimum atomic E-state index is -0.587. The molecule has 1 N–H and O–H groups in total. The van der Waals surface area contributed by atoms with Crippen molar-refractivity contribution < 1.29 is 19.1 Å². The van der Waals surface area contributed by atoms with Gasteiger partial charge in [0.25, 0.3) is 5.91 Å². The highest BCUT2D eigenvalue weighted by atomic mass is 16.5. The lowest BCUT2D eigenvalue weighted by Crippen LogP contribution is -2.41. The maximum Gasteiger partial charge on any atom is 0.358 e. The molecule has 3 rings (SSSR count). The van der Waals surface area contributed by atoms with Gasteiger partial charge in [-0.1, -0.05) is 18.2 Å². The Morgan fingerprint density at radius 3 is 2.76 bits per heavy atom. The highest BCUT2D eigenvalue weighted by molar-refractivity contribution is 5.96. The van der Waals surface area contributed by atoms with E-state index in [0.717, 1.165) is 19.4 Å². The molecule has 2 atom stereocenters. The molecule has 7 nitrogen and oxygen atoms in total. The zero-order chi connectivity index (χ0) is 17.8. The number of nitrogens with zero attached hydrogens (tertiary/aromatic N) is 2. The van der Waals surface area contributed by atoms with E-state index in [1.165, 1.54) is 17.9 Å². The van der Waals surface area contributed by atoms with E-state index >= 15 is 0 Å². The van der Waals surface area contributed by atoms with Crippen molar-refractivity contribution in [3.8, 4) is 5.69 Å². The molecule has 0 saturated carbocycles. The molecule has 25 heavy (non-hydrogen) atoms. The predicted octanol–water partition coefficient (Wildman–Crippen LogP) is 1.96. The van der Waals surface area contributed by atoms with Crippen molar-refractivity contribution in [2.75, 3.05) is 13.7 Å². The quantitative estimate of drug-likeness (QED) is 0.839. The summed E-state index contributed by atoms with van der Waals surface area (Å²) in [6.07, 6.45) is 1.93. The number of amides is 1. The molecule has 1 aliphatic heterocycles. The number of benzene rings is 1. The number of rotatable bonds is 5. The van der Waals surface area contributed by atoms with Gasteiger partial charge in [-0.15, -0.1) is 0 Å². The van der Waals surface area contributed by atoms with Gasteiger partial charge >= 0.3 is 5.97 Å². The van der Waals surface area contributed by atoms with Crippen LogP contribution in [0.5, 0.6) is 0 Å². The summed E-state index contributed by atoms with van der Waals surface area (Å²) in [6, 6.07) is 10.5. The van der Waals surface area contributed by atoms with Gasteiger partial charge in [0.15, 0.2) is 5.69 Å². The number of hydrogen-bond donors (Lipinski definition) is 1. The molecular weight excluding hydrogens is 322 g/mol. The fourth-order valence-corrected chi connectivity index (χ4v) is 2.88. The normalized spacial score (nSPS) is 17.9. The summed E-state index contributed by atoms with van der Waals surface area (Å²) >= 11 is 0. The first-order chi connectivity index (χ1) is 12.1. The highest BCUT2D eigenvalue weighted by Crippen LogP contribution is 2.17. The number of ether oxygens (including phenoxy) is 2. The van der Waals surface area contributed by atoms with Crippen LogP contribution in [0.2, 0.25) is 0 Å². The molecule has 1 aliphatic rings. The topological polar surface area (TPSA) is 82.5 Å². The molecule has 0 bridgehead atoms. The molecule has 0 unspecified atom stereocenters. The first-order valence-electron chi connectivity index (χ1n) is 8.26. The van der Waals surface area contributed by atoms with Gasteiger partial charge in [-0.05, 0) is 31.9 Å². The Morgan fingerprint density at radius 1 is 1.36 bits per heavy atom. The zero-order valence-corrected chi connectivity index (χ0v) is 14.3. The number of methoxy groups -OCH3 is 1. The van der Waals surface area contributed by atoms with Crippen molar-refractivity contribution in [2.24, 2.45) is 0 Å². The van der Waals surface area contributed by atoms with Gasteiger partial charge in [-0.25, -0.2) is 9.48 Å². The molecule has 0 aliphatic carbocycles. The summed E-state index contributed by atoms with van der Waals surface area (Å²) < 4.78 is 11.8. The van der Waals surface area contributed by atoms with Crippen LogP contribution in [0.4, 0.5) is 0 Å². The number of carbonyl (C=O) groups excluding carboxylic acids is 2. The number of para-hydroxylation sites is 1. The van der Waals surface area contributed by atoms with Crippen LogP contribution in [0.3, 0.4) is 0 Å². The Labute approximate surface area is 145 Å². The molecule has 132 valence electrons. The number of aromatic nitrogens is 2. The van der Waals surface area contributed by atoms with Crippen LogP contribution < -0.4 is 5.32 Å². The maximum absolute atomic E-state index is 12.8. The third kappa shape index (κ3) is 3.71. The minimum Gasteiger partial charge on any atom is -0.464 e. The standard InChI is InChI=1S/C18H21N3O4/c1-12(16-9-6-10-25-16)19-17(22)15-11-14(18(23)24-2)20-21(15)13-7-4-3-5-8-13/h3-5,7-8,11-12,16H,6,9-10H2,1-2H3,(H,19,22)/t12-,16-/m1/s1. The fraction of sp³-hybridized carbons (Fsp3) is 0.389. The monoisotopic (exact) mass is 343 g/mol. The van der Waals surface area contributed by atoms with Crippen molar-refractivity contribution in [1.82, 2.24) is 15.1 Å². The lowest BCUT2D eigenvalue weighted by Gasteiger charge is -2.20. The van der Waals surface area contributed by atoms with Gasteiger partial charge in [0.2, 0.25) is 0 Å². The van der Waals surface area contributed by atoms with Crippen molar-refractivity contribution in [1.29, 1.82) is 0 Å². The Balaban J connectivity index is 1.89. The van der Waals surface area contributed by atoms with Crippen LogP contribution in [-0.2, 0) is 9.47 Å². The minimum absolute atomic E-state index is 0.0112. The van der Waals surface area contributed by atoms with Gasteiger partial charge in [-0.2, -0.15) is 5.10 Å². The van der Waals surface area contributed by atoms with Crippen LogP contribution in [0.15, 0.2) is 36.4 Å². The van der Waals surface area contributed by atoms with Crippen LogP contribution >= 0.6 is 0 Å². The first-order valence-corrected chi connectivity index (χ1v) is 8.26. The van der Waals surface area contributed by atoms with Gasteiger partial charge in [0, 0.05) is 12.7 Å². The van der Waals surface area contributed by atoms with Crippen LogP contribution in [0, 0.1) is 0 Å². The van der Waals surface area contributed by atoms with E-state index in [1.54, 1.807) is 0 Å². The summed E-state index contributed by atoms with van der Waals surface area (Å²) in [6.45, 7) is 2.64. The Bertz CT molecular complexity index is 751. The van der Waals surface area contributed by atoms with Gasteiger partial charge in [0.1, 0.15) is 5.69 Å². The van der Waals surface area contributed by atoms with E-state index < -0.39 is 5.97 Å². The molecule has 1 aromatic heterocycles. The van der Waals surface area contributed by atoms with Crippen LogP contribution in [0.25, 0.3) is 5.69 Å². The third-order valence-electron chi connectivity index (χ3n) is 4.22. The van der Waals surface area contributed by atoms with Crippen molar-refractivity contribution in [2.45, 2.75) is 31.9 Å². The average molecular weight is 343 g/mol. The predicted molar refractivity (Wildman–Crippen MR) is 90.8 cm³/mol. The number of carbonyl (C=O) groups is 2. The Hall–Kier alpha value is -2.67. The number of esters is 1. The summed E-state index contributed by atoms with van der Waals surface area (Å²) in [7, 11) is 1.28. The van der Waals surface area contributed by atoms with E-state index in [2.05, 4.69) is 10.4 Å². The summed E-state index contributed by atoms with van der Waals surface area (Å²) in [5, 5.41) is 7.17. The zero-order valence-electron chi connectivity index (χ0n) is 14.3. The lowest BCUT2D eigenvalue weighted by molar-refractivity contribution is 0.0593. The summed E-state index contributed by atoms with van der Waals surface area (Å²) in [4.78, 5) is 24.6. The second-order valence-corrected chi connectivity index (χ2v) is 5.97. The largest absolute Gasteiger partial charge is 0.464 e. The van der Waals surface area contributed by atoms with Gasteiger partial charge in [0.05, 0.1) is 24.9 Å². The second kappa shape index (κ2) is 7.48. The van der Waals surface area contributed by atoms with Crippen molar-refractivity contribution >= 4 is 11.9 Å². The first kappa shape index (κ1) is 17.2. The number of nitrogens with one attached hydrogen (secondary N) is 1. The molecular formula is C18H21N3O4. The van der Waals surface area contributed by atoms with E-state index in [1.807, 2.05) is 37.3 Å². The Morgan fingerprint density at radius 2 is 2.12 bits per heavy atom. The average Bonchev–Trinajstić information content (AvgIpc) is 3.31. The SMILES string of the molecule is COC(=O)c1cc(C(=O)N[C@H](C)[C@H]2CCCO2)n(-c2ccccc2)n1. The van der Waals surface area contributed by atoms with Gasteiger partial charge < -0.3 is 14.8 Å². The van der Waals surface area contributed by atoms with E-state index in [0.29, 0.717) is 5.69 Å². The highest BCUT2D eigenvalue weighted by Gasteiger charge is 2.26. The molecule has 1 amide bonds. The van der Waals surface area contributed by atoms with E-state index in [-0.39, 0.29) is 29.4 Å². The molecule has 2 heterocycles. The lowest BCUT2D eigenvalue weighted by atomic mass is 10.1. The molecule has 0 spiro atoms. The molecule has 7 heteroatoms. The van der Waals surface area contributed by atoms with Crippen molar-refractivity contribution in [3.05, 3.63) is 47.8 Å². The maximum atomic E-state index is 12.8. The third-order valence-corrected chi connectivity index (χ3v) is 4.22. The Kier molecular flexibility index (Phi) is 5.14. The smallest absolute Gasteiger partial charge is 0.358 e. The molecule has 1 saturated heterocycles. The van der Waals surface area contributed by atoms with E-state index in [9.17, 15) is 9.59 Å². The molecule has 1 aromatic carbocycles. The molecule has 0 radical (unpaired) electrons. The molecule has 1 fully saturated rings. The van der Waals surface area contributed by atoms with Crippen molar-refractivity contribution in [3.63, 3.8) is 0 Å². The second-order valence-electron chi connectivity index (χ2n) is 5.97. The van der Waals surface area contributed by atoms with Crippen LogP contribution in [0.1, 0.15) is 40.7 Å².